The third kappa shape index (κ3) is 4.92. The van der Waals surface area contributed by atoms with Crippen molar-refractivity contribution < 1.29 is 27.2 Å². The molecule has 1 atom stereocenters. The minimum absolute atomic E-state index is 0.0825. The first-order chi connectivity index (χ1) is 12.0. The topological polar surface area (TPSA) is 44.8 Å². The van der Waals surface area contributed by atoms with Crippen molar-refractivity contribution in [1.82, 2.24) is 0 Å². The van der Waals surface area contributed by atoms with Gasteiger partial charge in [0.05, 0.1) is 5.75 Å². The number of benzene rings is 2. The van der Waals surface area contributed by atoms with Gasteiger partial charge in [-0.05, 0) is 35.4 Å². The number of halogens is 3. The lowest BCUT2D eigenvalue weighted by Crippen LogP contribution is -2.15. The van der Waals surface area contributed by atoms with Gasteiger partial charge in [0, 0.05) is 21.0 Å². The van der Waals surface area contributed by atoms with Gasteiger partial charge in [0.25, 0.3) is 0 Å². The van der Waals surface area contributed by atoms with Crippen molar-refractivity contribution in [3.8, 4) is 17.2 Å². The standard InChI is InChI=1S/C17H15BrF2O4S/c18-14-8-16-15(22-5-6-23-16)7-12(14)10-25(21)9-11-1-3-13(4-2-11)24-17(19)20/h1-4,7-8,17H,5-6,9-10H2. The Labute approximate surface area is 154 Å². The zero-order chi connectivity index (χ0) is 17.8. The fourth-order valence-electron chi connectivity index (χ4n) is 2.39. The van der Waals surface area contributed by atoms with Crippen LogP contribution in [0.5, 0.6) is 17.2 Å². The molecule has 0 saturated carbocycles. The molecule has 3 rings (SSSR count). The van der Waals surface area contributed by atoms with Gasteiger partial charge < -0.3 is 14.2 Å². The zero-order valence-corrected chi connectivity index (χ0v) is 15.4. The summed E-state index contributed by atoms with van der Waals surface area (Å²) in [7, 11) is -1.17. The lowest BCUT2D eigenvalue weighted by atomic mass is 10.2. The van der Waals surface area contributed by atoms with Crippen LogP contribution in [0, 0.1) is 0 Å². The van der Waals surface area contributed by atoms with Crippen molar-refractivity contribution >= 4 is 26.7 Å². The van der Waals surface area contributed by atoms with E-state index in [1.165, 1.54) is 12.1 Å². The predicted octanol–water partition coefficient (Wildman–Crippen LogP) is 4.27. The molecule has 0 saturated heterocycles. The molecule has 1 unspecified atom stereocenters. The van der Waals surface area contributed by atoms with Crippen LogP contribution in [-0.2, 0) is 22.3 Å². The molecule has 2 aromatic carbocycles. The maximum Gasteiger partial charge on any atom is 0.387 e. The molecule has 4 nitrogen and oxygen atoms in total. The van der Waals surface area contributed by atoms with Crippen molar-refractivity contribution in [2.75, 3.05) is 13.2 Å². The predicted molar refractivity (Wildman–Crippen MR) is 93.8 cm³/mol. The van der Waals surface area contributed by atoms with Crippen LogP contribution in [0.15, 0.2) is 40.9 Å². The van der Waals surface area contributed by atoms with Gasteiger partial charge in [-0.25, -0.2) is 0 Å². The van der Waals surface area contributed by atoms with E-state index in [-0.39, 0.29) is 5.75 Å². The molecule has 1 aliphatic rings. The van der Waals surface area contributed by atoms with Crippen LogP contribution in [0.1, 0.15) is 11.1 Å². The smallest absolute Gasteiger partial charge is 0.387 e. The van der Waals surface area contributed by atoms with Gasteiger partial charge in [0.1, 0.15) is 19.0 Å². The van der Waals surface area contributed by atoms with Gasteiger partial charge in [-0.3, -0.25) is 4.21 Å². The van der Waals surface area contributed by atoms with E-state index in [0.29, 0.717) is 36.2 Å². The van der Waals surface area contributed by atoms with Crippen molar-refractivity contribution in [2.24, 2.45) is 0 Å². The molecule has 0 amide bonds. The van der Waals surface area contributed by atoms with E-state index in [9.17, 15) is 13.0 Å². The van der Waals surface area contributed by atoms with Gasteiger partial charge in [-0.15, -0.1) is 0 Å². The molecular formula is C17H15BrF2O4S. The van der Waals surface area contributed by atoms with Crippen molar-refractivity contribution in [2.45, 2.75) is 18.1 Å². The molecule has 25 heavy (non-hydrogen) atoms. The summed E-state index contributed by atoms with van der Waals surface area (Å²) in [5.41, 5.74) is 1.65. The largest absolute Gasteiger partial charge is 0.486 e. The molecular weight excluding hydrogens is 418 g/mol. The summed E-state index contributed by atoms with van der Waals surface area (Å²) >= 11 is 3.46. The molecule has 1 heterocycles. The summed E-state index contributed by atoms with van der Waals surface area (Å²) in [5.74, 6) is 2.05. The number of hydrogen-bond acceptors (Lipinski definition) is 4. The molecule has 0 radical (unpaired) electrons. The molecule has 0 aliphatic carbocycles. The molecule has 0 N–H and O–H groups in total. The van der Waals surface area contributed by atoms with Crippen LogP contribution in [0.2, 0.25) is 0 Å². The van der Waals surface area contributed by atoms with E-state index in [4.69, 9.17) is 9.47 Å². The number of ether oxygens (including phenoxy) is 3. The maximum atomic E-state index is 12.4. The molecule has 0 aromatic heterocycles. The summed E-state index contributed by atoms with van der Waals surface area (Å²) in [6.07, 6.45) is 0. The van der Waals surface area contributed by atoms with Crippen LogP contribution in [0.4, 0.5) is 8.78 Å². The molecule has 8 heteroatoms. The van der Waals surface area contributed by atoms with E-state index in [2.05, 4.69) is 20.7 Å². The Hall–Kier alpha value is -1.67. The van der Waals surface area contributed by atoms with E-state index in [1.54, 1.807) is 12.1 Å². The summed E-state index contributed by atoms with van der Waals surface area (Å²) in [5, 5.41) is 0. The monoisotopic (exact) mass is 432 g/mol. The minimum Gasteiger partial charge on any atom is -0.486 e. The highest BCUT2D eigenvalue weighted by Crippen LogP contribution is 2.36. The number of hydrogen-bond donors (Lipinski definition) is 0. The highest BCUT2D eigenvalue weighted by Gasteiger charge is 2.16. The van der Waals surface area contributed by atoms with Crippen LogP contribution >= 0.6 is 15.9 Å². The average Bonchev–Trinajstić information content (AvgIpc) is 2.57. The summed E-state index contributed by atoms with van der Waals surface area (Å²) in [6.45, 7) is -1.85. The van der Waals surface area contributed by atoms with Crippen LogP contribution in [0.3, 0.4) is 0 Å². The Bertz CT molecular complexity index is 768. The Kier molecular flexibility index (Phi) is 5.90. The van der Waals surface area contributed by atoms with Crippen molar-refractivity contribution in [1.29, 1.82) is 0 Å². The van der Waals surface area contributed by atoms with Gasteiger partial charge >= 0.3 is 6.61 Å². The number of rotatable bonds is 6. The summed E-state index contributed by atoms with van der Waals surface area (Å²) < 4.78 is 52.9. The Morgan fingerprint density at radius 2 is 1.72 bits per heavy atom. The second-order valence-corrected chi connectivity index (χ2v) is 7.65. The SMILES string of the molecule is O=S(Cc1ccc(OC(F)F)cc1)Cc1cc2c(cc1Br)OCCO2. The van der Waals surface area contributed by atoms with Crippen LogP contribution in [0.25, 0.3) is 0 Å². The fraction of sp³-hybridized carbons (Fsp3) is 0.294. The van der Waals surface area contributed by atoms with Gasteiger partial charge in [-0.2, -0.15) is 8.78 Å². The number of fused-ring (bicyclic) bond motifs is 1. The molecule has 134 valence electrons. The first-order valence-electron chi connectivity index (χ1n) is 7.48. The fourth-order valence-corrected chi connectivity index (χ4v) is 4.29. The normalized spacial score (nSPS) is 14.4. The third-order valence-electron chi connectivity index (χ3n) is 3.50. The van der Waals surface area contributed by atoms with E-state index >= 15 is 0 Å². The van der Waals surface area contributed by atoms with E-state index in [1.807, 2.05) is 12.1 Å². The van der Waals surface area contributed by atoms with E-state index in [0.717, 1.165) is 15.6 Å². The summed E-state index contributed by atoms with van der Waals surface area (Å²) in [6, 6.07) is 9.80. The second kappa shape index (κ2) is 8.14. The highest BCUT2D eigenvalue weighted by molar-refractivity contribution is 9.10. The van der Waals surface area contributed by atoms with Crippen LogP contribution in [-0.4, -0.2) is 24.0 Å². The highest BCUT2D eigenvalue weighted by atomic mass is 79.9. The lowest BCUT2D eigenvalue weighted by Gasteiger charge is -2.19. The number of alkyl halides is 2. The average molecular weight is 433 g/mol. The molecule has 0 fully saturated rings. The van der Waals surface area contributed by atoms with Gasteiger partial charge in [0.15, 0.2) is 11.5 Å². The Balaban J connectivity index is 1.64. The van der Waals surface area contributed by atoms with Gasteiger partial charge in [0.2, 0.25) is 0 Å². The molecule has 0 bridgehead atoms. The first-order valence-corrected chi connectivity index (χ1v) is 9.76. The lowest BCUT2D eigenvalue weighted by molar-refractivity contribution is -0.0498. The minimum atomic E-state index is -2.85. The second-order valence-electron chi connectivity index (χ2n) is 5.34. The third-order valence-corrected chi connectivity index (χ3v) is 5.53. The van der Waals surface area contributed by atoms with Crippen molar-refractivity contribution in [3.05, 3.63) is 52.0 Å². The quantitative estimate of drug-likeness (QED) is 0.683. The molecule has 2 aromatic rings. The summed E-state index contributed by atoms with van der Waals surface area (Å²) in [4.78, 5) is 0. The van der Waals surface area contributed by atoms with E-state index < -0.39 is 17.4 Å². The maximum absolute atomic E-state index is 12.4. The van der Waals surface area contributed by atoms with Crippen LogP contribution < -0.4 is 14.2 Å². The van der Waals surface area contributed by atoms with Crippen molar-refractivity contribution in [3.63, 3.8) is 0 Å². The van der Waals surface area contributed by atoms with Gasteiger partial charge in [-0.1, -0.05) is 28.1 Å². The zero-order valence-electron chi connectivity index (χ0n) is 13.0. The molecule has 1 aliphatic heterocycles. The Morgan fingerprint density at radius 1 is 1.08 bits per heavy atom. The first kappa shape index (κ1) is 18.1. The Morgan fingerprint density at radius 3 is 2.36 bits per heavy atom. The molecule has 0 spiro atoms.